The maximum atomic E-state index is 13.0. The first-order chi connectivity index (χ1) is 15.6. The van der Waals surface area contributed by atoms with Crippen molar-refractivity contribution in [2.75, 3.05) is 30.8 Å². The van der Waals surface area contributed by atoms with Crippen molar-refractivity contribution in [3.05, 3.63) is 41.2 Å². The largest absolute Gasteiger partial charge is 0.455 e. The van der Waals surface area contributed by atoms with Gasteiger partial charge >= 0.3 is 5.97 Å². The maximum Gasteiger partial charge on any atom is 0.316 e. The maximum absolute atomic E-state index is 13.0. The van der Waals surface area contributed by atoms with Crippen molar-refractivity contribution >= 4 is 39.3 Å². The molecule has 0 atom stereocenters. The van der Waals surface area contributed by atoms with Crippen LogP contribution in [0, 0.1) is 20.8 Å². The van der Waals surface area contributed by atoms with Crippen LogP contribution in [0.4, 0.5) is 5.69 Å². The van der Waals surface area contributed by atoms with Crippen LogP contribution in [-0.4, -0.2) is 60.0 Å². The molecule has 9 nitrogen and oxygen atoms in total. The van der Waals surface area contributed by atoms with Crippen molar-refractivity contribution in [3.8, 4) is 0 Å². The molecule has 1 aromatic heterocycles. The third kappa shape index (κ3) is 6.99. The molecule has 1 aliphatic heterocycles. The summed E-state index contributed by atoms with van der Waals surface area (Å²) in [5.41, 5.74) is 2.54. The summed E-state index contributed by atoms with van der Waals surface area (Å²) in [6.07, 6.45) is 2.71. The highest BCUT2D eigenvalue weighted by Crippen LogP contribution is 2.26. The average molecular weight is 493 g/mol. The molecular formula is C22H28N4O5S2. The second kappa shape index (κ2) is 11.1. The number of piperidine rings is 1. The van der Waals surface area contributed by atoms with E-state index in [0.29, 0.717) is 29.5 Å². The molecule has 2 aromatic rings. The van der Waals surface area contributed by atoms with Crippen LogP contribution in [0.2, 0.25) is 0 Å². The second-order valence-electron chi connectivity index (χ2n) is 7.88. The summed E-state index contributed by atoms with van der Waals surface area (Å²) in [6, 6.07) is 6.56. The average Bonchev–Trinajstić information content (AvgIpc) is 2.77. The number of thioether (sulfide) groups is 1. The molecule has 1 aromatic carbocycles. The first-order valence-electron chi connectivity index (χ1n) is 10.7. The second-order valence-corrected chi connectivity index (χ2v) is 10.7. The SMILES string of the molecule is Cc1cc(C)nc(SCC(=O)OCC(=O)Nc2ccc(C)c(S(=O)(=O)N3CCCCC3)c2)n1. The lowest BCUT2D eigenvalue weighted by Crippen LogP contribution is -2.36. The van der Waals surface area contributed by atoms with Gasteiger partial charge in [0.05, 0.1) is 10.6 Å². The Hall–Kier alpha value is -2.50. The van der Waals surface area contributed by atoms with Gasteiger partial charge in [-0.3, -0.25) is 9.59 Å². The molecule has 1 fully saturated rings. The molecule has 0 radical (unpaired) electrons. The Bertz CT molecular complexity index is 1110. The highest BCUT2D eigenvalue weighted by Gasteiger charge is 2.27. The lowest BCUT2D eigenvalue weighted by Gasteiger charge is -2.26. The zero-order valence-electron chi connectivity index (χ0n) is 19.0. The third-order valence-electron chi connectivity index (χ3n) is 5.05. The summed E-state index contributed by atoms with van der Waals surface area (Å²) in [6.45, 7) is 5.93. The van der Waals surface area contributed by atoms with Gasteiger partial charge in [0, 0.05) is 30.2 Å². The fourth-order valence-electron chi connectivity index (χ4n) is 3.47. The normalized spacial score (nSPS) is 14.6. The summed E-state index contributed by atoms with van der Waals surface area (Å²) in [4.78, 5) is 32.9. The Labute approximate surface area is 198 Å². The number of aryl methyl sites for hydroxylation is 3. The molecule has 0 spiro atoms. The van der Waals surface area contributed by atoms with Crippen molar-refractivity contribution in [1.82, 2.24) is 14.3 Å². The van der Waals surface area contributed by atoms with Crippen LogP contribution in [0.5, 0.6) is 0 Å². The smallest absolute Gasteiger partial charge is 0.316 e. The number of nitrogens with zero attached hydrogens (tertiary/aromatic N) is 3. The minimum Gasteiger partial charge on any atom is -0.455 e. The van der Waals surface area contributed by atoms with Gasteiger partial charge in [-0.1, -0.05) is 24.2 Å². The van der Waals surface area contributed by atoms with E-state index in [-0.39, 0.29) is 10.6 Å². The van der Waals surface area contributed by atoms with Gasteiger partial charge in [-0.25, -0.2) is 18.4 Å². The summed E-state index contributed by atoms with van der Waals surface area (Å²) < 4.78 is 32.6. The zero-order chi connectivity index (χ0) is 24.0. The molecule has 1 saturated heterocycles. The van der Waals surface area contributed by atoms with Crippen molar-refractivity contribution < 1.29 is 22.7 Å². The van der Waals surface area contributed by atoms with Gasteiger partial charge in [0.1, 0.15) is 0 Å². The van der Waals surface area contributed by atoms with E-state index >= 15 is 0 Å². The Morgan fingerprint density at radius 3 is 2.39 bits per heavy atom. The van der Waals surface area contributed by atoms with Crippen molar-refractivity contribution in [2.45, 2.75) is 50.1 Å². The number of sulfonamides is 1. The molecule has 1 aliphatic rings. The molecule has 0 saturated carbocycles. The van der Waals surface area contributed by atoms with Gasteiger partial charge in [0.15, 0.2) is 11.8 Å². The van der Waals surface area contributed by atoms with E-state index in [9.17, 15) is 18.0 Å². The molecule has 0 unspecified atom stereocenters. The Morgan fingerprint density at radius 1 is 1.06 bits per heavy atom. The van der Waals surface area contributed by atoms with Crippen LogP contribution in [-0.2, 0) is 24.3 Å². The predicted octanol–water partition coefficient (Wildman–Crippen LogP) is 2.85. The van der Waals surface area contributed by atoms with Crippen LogP contribution in [0.3, 0.4) is 0 Å². The van der Waals surface area contributed by atoms with E-state index in [4.69, 9.17) is 4.74 Å². The van der Waals surface area contributed by atoms with Crippen LogP contribution < -0.4 is 5.32 Å². The van der Waals surface area contributed by atoms with Crippen molar-refractivity contribution in [2.24, 2.45) is 0 Å². The van der Waals surface area contributed by atoms with Gasteiger partial charge < -0.3 is 10.1 Å². The Morgan fingerprint density at radius 2 is 1.73 bits per heavy atom. The highest BCUT2D eigenvalue weighted by atomic mass is 32.2. The number of aromatic nitrogens is 2. The molecular weight excluding hydrogens is 464 g/mol. The van der Waals surface area contributed by atoms with Crippen LogP contribution in [0.25, 0.3) is 0 Å². The van der Waals surface area contributed by atoms with E-state index in [0.717, 1.165) is 42.4 Å². The minimum atomic E-state index is -3.63. The molecule has 178 valence electrons. The van der Waals surface area contributed by atoms with Gasteiger partial charge in [-0.05, 0) is 57.4 Å². The summed E-state index contributed by atoms with van der Waals surface area (Å²) in [7, 11) is -3.63. The number of nitrogens with one attached hydrogen (secondary N) is 1. The number of hydrogen-bond acceptors (Lipinski definition) is 8. The Balaban J connectivity index is 1.54. The van der Waals surface area contributed by atoms with E-state index in [2.05, 4.69) is 15.3 Å². The lowest BCUT2D eigenvalue weighted by molar-refractivity contribution is -0.144. The van der Waals surface area contributed by atoms with Crippen LogP contribution in [0.15, 0.2) is 34.3 Å². The lowest BCUT2D eigenvalue weighted by atomic mass is 10.2. The zero-order valence-corrected chi connectivity index (χ0v) is 20.6. The van der Waals surface area contributed by atoms with Gasteiger partial charge in [-0.15, -0.1) is 0 Å². The number of amides is 1. The van der Waals surface area contributed by atoms with E-state index in [1.165, 1.54) is 10.4 Å². The quantitative estimate of drug-likeness (QED) is 0.339. The van der Waals surface area contributed by atoms with Gasteiger partial charge in [-0.2, -0.15) is 4.31 Å². The summed E-state index contributed by atoms with van der Waals surface area (Å²) in [5, 5.41) is 3.07. The monoisotopic (exact) mass is 492 g/mol. The third-order valence-corrected chi connectivity index (χ3v) is 7.91. The fraction of sp³-hybridized carbons (Fsp3) is 0.455. The van der Waals surface area contributed by atoms with Crippen molar-refractivity contribution in [1.29, 1.82) is 0 Å². The van der Waals surface area contributed by atoms with E-state index in [1.54, 1.807) is 19.1 Å². The fourth-order valence-corrected chi connectivity index (χ4v) is 5.98. The number of ether oxygens (including phenoxy) is 1. The molecule has 2 heterocycles. The van der Waals surface area contributed by atoms with Crippen LogP contribution in [0.1, 0.15) is 36.2 Å². The molecule has 0 aliphatic carbocycles. The number of carbonyl (C=O) groups is 2. The number of anilines is 1. The Kier molecular flexibility index (Phi) is 8.44. The number of hydrogen-bond donors (Lipinski definition) is 1. The van der Waals surface area contributed by atoms with Crippen molar-refractivity contribution in [3.63, 3.8) is 0 Å². The highest BCUT2D eigenvalue weighted by molar-refractivity contribution is 7.99. The topological polar surface area (TPSA) is 119 Å². The first kappa shape index (κ1) is 25.1. The molecule has 1 amide bonds. The molecule has 11 heteroatoms. The molecule has 0 bridgehead atoms. The van der Waals surface area contributed by atoms with E-state index in [1.807, 2.05) is 19.9 Å². The first-order valence-corrected chi connectivity index (χ1v) is 13.1. The molecule has 3 rings (SSSR count). The van der Waals surface area contributed by atoms with E-state index < -0.39 is 28.5 Å². The number of benzene rings is 1. The summed E-state index contributed by atoms with van der Waals surface area (Å²) in [5.74, 6) is -1.16. The number of rotatable bonds is 8. The van der Waals surface area contributed by atoms with Gasteiger partial charge in [0.2, 0.25) is 10.0 Å². The minimum absolute atomic E-state index is 0.0288. The molecule has 33 heavy (non-hydrogen) atoms. The van der Waals surface area contributed by atoms with Crippen LogP contribution >= 0.6 is 11.8 Å². The predicted molar refractivity (Wildman–Crippen MR) is 126 cm³/mol. The number of carbonyl (C=O) groups excluding carboxylic acids is 2. The van der Waals surface area contributed by atoms with Gasteiger partial charge in [0.25, 0.3) is 5.91 Å². The number of esters is 1. The standard InChI is InChI=1S/C22H28N4O5S2/c1-15-7-8-18(12-19(15)33(29,30)26-9-5-4-6-10-26)25-20(27)13-31-21(28)14-32-22-23-16(2)11-17(3)24-22/h7-8,11-12H,4-6,9-10,13-14H2,1-3H3,(H,25,27). The summed E-state index contributed by atoms with van der Waals surface area (Å²) >= 11 is 1.13. The molecule has 1 N–H and O–H groups in total.